The van der Waals surface area contributed by atoms with Gasteiger partial charge in [0.1, 0.15) is 23.5 Å². The summed E-state index contributed by atoms with van der Waals surface area (Å²) in [4.78, 5) is 23.7. The summed E-state index contributed by atoms with van der Waals surface area (Å²) in [5, 5.41) is 11.1. The minimum absolute atomic E-state index is 0.0193. The lowest BCUT2D eigenvalue weighted by Gasteiger charge is -2.36. The number of hydrogen-bond acceptors (Lipinski definition) is 6. The summed E-state index contributed by atoms with van der Waals surface area (Å²) < 4.78 is 11.5. The summed E-state index contributed by atoms with van der Waals surface area (Å²) in [5.74, 6) is 2.07. The van der Waals surface area contributed by atoms with Gasteiger partial charge in [-0.2, -0.15) is 0 Å². The highest BCUT2D eigenvalue weighted by Gasteiger charge is 2.38. The highest BCUT2D eigenvalue weighted by molar-refractivity contribution is 5.57. The molecule has 0 aliphatic carbocycles. The Balaban J connectivity index is 2.58. The van der Waals surface area contributed by atoms with Gasteiger partial charge in [0.05, 0.1) is 17.4 Å². The standard InChI is InChI=1S/C17H20N2O5/c1-4-23-15-10-18(3)14(11-20)17(24-5-2)16(15)12-7-6-8-13(9-12)19(21)22/h6-10,16-17H,4-5H2,1-3H3. The van der Waals surface area contributed by atoms with E-state index in [2.05, 4.69) is 0 Å². The zero-order chi connectivity index (χ0) is 17.7. The molecular weight excluding hydrogens is 312 g/mol. The molecule has 7 heteroatoms. The van der Waals surface area contributed by atoms with Crippen LogP contribution in [0.25, 0.3) is 0 Å². The second-order valence-corrected chi connectivity index (χ2v) is 5.27. The average molecular weight is 332 g/mol. The number of nitro benzene ring substituents is 1. The van der Waals surface area contributed by atoms with Crippen molar-refractivity contribution >= 4 is 11.6 Å². The monoisotopic (exact) mass is 332 g/mol. The van der Waals surface area contributed by atoms with Crippen LogP contribution in [0.2, 0.25) is 0 Å². The van der Waals surface area contributed by atoms with E-state index >= 15 is 0 Å². The van der Waals surface area contributed by atoms with Crippen LogP contribution < -0.4 is 0 Å². The van der Waals surface area contributed by atoms with E-state index in [1.807, 2.05) is 19.8 Å². The third-order valence-corrected chi connectivity index (χ3v) is 3.78. The summed E-state index contributed by atoms with van der Waals surface area (Å²) >= 11 is 0. The molecule has 0 N–H and O–H groups in total. The minimum Gasteiger partial charge on any atom is -0.496 e. The molecule has 0 radical (unpaired) electrons. The molecule has 1 aromatic carbocycles. The van der Waals surface area contributed by atoms with E-state index in [9.17, 15) is 14.9 Å². The molecule has 0 spiro atoms. The third-order valence-electron chi connectivity index (χ3n) is 3.78. The van der Waals surface area contributed by atoms with Crippen LogP contribution in [-0.4, -0.2) is 42.1 Å². The van der Waals surface area contributed by atoms with E-state index in [0.29, 0.717) is 30.2 Å². The van der Waals surface area contributed by atoms with E-state index in [4.69, 9.17) is 9.47 Å². The van der Waals surface area contributed by atoms with Crippen LogP contribution in [0.3, 0.4) is 0 Å². The van der Waals surface area contributed by atoms with Gasteiger partial charge in [-0.25, -0.2) is 4.79 Å². The minimum atomic E-state index is -0.619. The van der Waals surface area contributed by atoms with Gasteiger partial charge in [0.15, 0.2) is 0 Å². The van der Waals surface area contributed by atoms with Crippen LogP contribution in [0, 0.1) is 10.1 Å². The Bertz CT molecular complexity index is 694. The Morgan fingerprint density at radius 3 is 2.67 bits per heavy atom. The summed E-state index contributed by atoms with van der Waals surface area (Å²) in [7, 11) is 1.72. The van der Waals surface area contributed by atoms with E-state index in [1.54, 1.807) is 30.3 Å². The lowest BCUT2D eigenvalue weighted by Crippen LogP contribution is -2.37. The van der Waals surface area contributed by atoms with Crippen molar-refractivity contribution in [3.8, 4) is 0 Å². The fraction of sp³-hybridized carbons (Fsp3) is 0.412. The third kappa shape index (κ3) is 3.48. The second-order valence-electron chi connectivity index (χ2n) is 5.27. The van der Waals surface area contributed by atoms with E-state index in [-0.39, 0.29) is 5.69 Å². The molecule has 1 aliphatic heterocycles. The predicted molar refractivity (Wildman–Crippen MR) is 87.9 cm³/mol. The van der Waals surface area contributed by atoms with Gasteiger partial charge in [0, 0.05) is 32.0 Å². The zero-order valence-electron chi connectivity index (χ0n) is 13.9. The summed E-state index contributed by atoms with van der Waals surface area (Å²) in [5.41, 5.74) is 0.967. The summed E-state index contributed by atoms with van der Waals surface area (Å²) in [6.45, 7) is 4.50. The molecule has 2 rings (SSSR count). The van der Waals surface area contributed by atoms with Crippen LogP contribution in [0.4, 0.5) is 5.69 Å². The molecule has 1 heterocycles. The first-order chi connectivity index (χ1) is 11.5. The second kappa shape index (κ2) is 7.77. The average Bonchev–Trinajstić information content (AvgIpc) is 2.55. The van der Waals surface area contributed by atoms with Crippen molar-refractivity contribution in [3.63, 3.8) is 0 Å². The van der Waals surface area contributed by atoms with Crippen molar-refractivity contribution in [1.29, 1.82) is 0 Å². The maximum absolute atomic E-state index is 11.4. The topological polar surface area (TPSA) is 81.9 Å². The van der Waals surface area contributed by atoms with Gasteiger partial charge >= 0.3 is 0 Å². The van der Waals surface area contributed by atoms with Crippen LogP contribution in [0.5, 0.6) is 0 Å². The van der Waals surface area contributed by atoms with E-state index < -0.39 is 16.9 Å². The SMILES string of the molecule is CCOC1=CN(C)C(=C=O)C(OCC)C1c1cccc([N+](=O)[O-])c1. The number of carbonyl (C=O) groups excluding carboxylic acids is 1. The number of likely N-dealkylation sites (N-methyl/N-ethyl adjacent to an activating group) is 1. The first-order valence-electron chi connectivity index (χ1n) is 7.71. The molecule has 1 aromatic rings. The Kier molecular flexibility index (Phi) is 5.73. The first-order valence-corrected chi connectivity index (χ1v) is 7.71. The van der Waals surface area contributed by atoms with Crippen LogP contribution >= 0.6 is 0 Å². The highest BCUT2D eigenvalue weighted by Crippen LogP contribution is 2.39. The molecule has 0 saturated carbocycles. The molecule has 0 amide bonds. The molecule has 0 aromatic heterocycles. The fourth-order valence-corrected chi connectivity index (χ4v) is 2.80. The molecule has 0 fully saturated rings. The molecule has 1 aliphatic rings. The number of hydrogen-bond donors (Lipinski definition) is 0. The number of non-ortho nitro benzene ring substituents is 1. The molecule has 7 nitrogen and oxygen atoms in total. The van der Waals surface area contributed by atoms with Crippen LogP contribution in [0.15, 0.2) is 41.9 Å². The lowest BCUT2D eigenvalue weighted by atomic mass is 9.87. The molecular formula is C17H20N2O5. The Labute approximate surface area is 140 Å². The molecule has 0 saturated heterocycles. The highest BCUT2D eigenvalue weighted by atomic mass is 16.6. The van der Waals surface area contributed by atoms with Gasteiger partial charge < -0.3 is 14.4 Å². The zero-order valence-corrected chi connectivity index (χ0v) is 13.9. The van der Waals surface area contributed by atoms with Gasteiger partial charge in [-0.05, 0) is 19.4 Å². The van der Waals surface area contributed by atoms with Gasteiger partial charge in [-0.3, -0.25) is 10.1 Å². The van der Waals surface area contributed by atoms with Gasteiger partial charge in [0.25, 0.3) is 5.69 Å². The van der Waals surface area contributed by atoms with Crippen molar-refractivity contribution in [3.05, 3.63) is 57.6 Å². The largest absolute Gasteiger partial charge is 0.496 e. The quantitative estimate of drug-likeness (QED) is 0.452. The van der Waals surface area contributed by atoms with Crippen LogP contribution in [-0.2, 0) is 14.3 Å². The number of nitrogens with zero attached hydrogens (tertiary/aromatic N) is 2. The van der Waals surface area contributed by atoms with Crippen molar-refractivity contribution in [2.45, 2.75) is 25.9 Å². The van der Waals surface area contributed by atoms with E-state index in [1.165, 1.54) is 12.1 Å². The fourth-order valence-electron chi connectivity index (χ4n) is 2.80. The van der Waals surface area contributed by atoms with Crippen molar-refractivity contribution in [2.75, 3.05) is 20.3 Å². The van der Waals surface area contributed by atoms with Crippen molar-refractivity contribution in [1.82, 2.24) is 4.90 Å². The molecule has 0 bridgehead atoms. The van der Waals surface area contributed by atoms with Gasteiger partial charge in [-0.1, -0.05) is 12.1 Å². The molecule has 24 heavy (non-hydrogen) atoms. The maximum Gasteiger partial charge on any atom is 0.269 e. The number of benzene rings is 1. The number of nitro groups is 1. The molecule has 128 valence electrons. The lowest BCUT2D eigenvalue weighted by molar-refractivity contribution is -0.384. The van der Waals surface area contributed by atoms with Gasteiger partial charge in [0.2, 0.25) is 0 Å². The Morgan fingerprint density at radius 1 is 1.33 bits per heavy atom. The number of ether oxygens (including phenoxy) is 2. The van der Waals surface area contributed by atoms with E-state index in [0.717, 1.165) is 0 Å². The number of rotatable bonds is 6. The Morgan fingerprint density at radius 2 is 2.08 bits per heavy atom. The van der Waals surface area contributed by atoms with Crippen molar-refractivity contribution in [2.24, 2.45) is 0 Å². The maximum atomic E-state index is 11.4. The summed E-state index contributed by atoms with van der Waals surface area (Å²) in [6, 6.07) is 6.29. The van der Waals surface area contributed by atoms with Gasteiger partial charge in [-0.15, -0.1) is 0 Å². The molecule has 2 atom stereocenters. The first kappa shape index (κ1) is 17.7. The normalized spacial score (nSPS) is 20.4. The predicted octanol–water partition coefficient (Wildman–Crippen LogP) is 2.62. The van der Waals surface area contributed by atoms with Crippen LogP contribution in [0.1, 0.15) is 25.3 Å². The van der Waals surface area contributed by atoms with Crippen molar-refractivity contribution < 1.29 is 19.2 Å². The molecule has 2 unspecified atom stereocenters. The Hall–Kier alpha value is -2.63. The smallest absolute Gasteiger partial charge is 0.269 e. The summed E-state index contributed by atoms with van der Waals surface area (Å²) in [6.07, 6.45) is 1.08.